The van der Waals surface area contributed by atoms with Crippen molar-refractivity contribution in [2.45, 2.75) is 387 Å². The van der Waals surface area contributed by atoms with Gasteiger partial charge in [-0.05, 0) is 153 Å². The van der Waals surface area contributed by atoms with E-state index in [1.165, 1.54) is 308 Å². The third-order valence-corrected chi connectivity index (χ3v) is 20.0. The van der Waals surface area contributed by atoms with Gasteiger partial charge in [0.05, 0.1) is 0 Å². The fourth-order valence-electron chi connectivity index (χ4n) is 10.6. The molecule has 0 aliphatic carbocycles. The molecule has 468 valence electrons. The molecule has 0 saturated carbocycles. The van der Waals surface area contributed by atoms with Gasteiger partial charge < -0.3 is 18.9 Å². The zero-order chi connectivity index (χ0) is 57.1. The van der Waals surface area contributed by atoms with E-state index in [1.807, 2.05) is 0 Å². The molecule has 0 atom stereocenters. The van der Waals surface area contributed by atoms with Crippen molar-refractivity contribution in [2.24, 2.45) is 0 Å². The first kappa shape index (κ1) is 83.1. The molecule has 0 aromatic carbocycles. The molecule has 7 heteroatoms. The number of rotatable bonds is 64. The number of unbranched alkanes of at least 4 members (excludes halogenated alkanes) is 48. The Labute approximate surface area is 508 Å². The monoisotopic (exact) mass is 1180 g/mol. The molecule has 0 aromatic rings. The van der Waals surface area contributed by atoms with Crippen LogP contribution in [0.2, 0.25) is 0 Å². The second-order valence-electron chi connectivity index (χ2n) is 24.3. The minimum atomic E-state index is -3.14. The van der Waals surface area contributed by atoms with Crippen LogP contribution in [0.15, 0.2) is 48.6 Å². The van der Waals surface area contributed by atoms with Crippen LogP contribution in [0.25, 0.3) is 0 Å². The van der Waals surface area contributed by atoms with Gasteiger partial charge in [0.2, 0.25) is 0 Å². The molecular formula is C72H140CrO4P2. The van der Waals surface area contributed by atoms with Crippen LogP contribution < -0.4 is 9.79 Å². The van der Waals surface area contributed by atoms with Crippen molar-refractivity contribution < 1.29 is 36.3 Å². The van der Waals surface area contributed by atoms with E-state index in [0.717, 1.165) is 51.4 Å². The Morgan fingerprint density at radius 2 is 0.316 bits per heavy atom. The first-order chi connectivity index (χ1) is 38.2. The second kappa shape index (κ2) is 72.1. The van der Waals surface area contributed by atoms with Gasteiger partial charge in [-0.25, -0.2) is 0 Å². The molecule has 0 radical (unpaired) electrons. The maximum atomic E-state index is 12.3. The average molecular weight is 1180 g/mol. The van der Waals surface area contributed by atoms with Crippen molar-refractivity contribution >= 4 is 14.7 Å². The first-order valence-electron chi connectivity index (χ1n) is 35.4. The van der Waals surface area contributed by atoms with Crippen molar-refractivity contribution in [3.63, 3.8) is 0 Å². The SMILES string of the molecule is CCCCCCCCC=CCCCCCCCCP(=O)([O-])CCCCCCCCC=CCCCCCCCC.CCCCCCCCC=CCCCCCCCCP(=O)([O-])CCCCCCCCC=CCCCCCCCC.[Cr+2]. The van der Waals surface area contributed by atoms with Crippen molar-refractivity contribution in [2.75, 3.05) is 24.6 Å². The summed E-state index contributed by atoms with van der Waals surface area (Å²) < 4.78 is 24.7. The van der Waals surface area contributed by atoms with Gasteiger partial charge in [-0.3, -0.25) is 0 Å². The molecule has 0 N–H and O–H groups in total. The molecule has 4 nitrogen and oxygen atoms in total. The molecule has 0 unspecified atom stereocenters. The van der Waals surface area contributed by atoms with Crippen LogP contribution >= 0.6 is 14.7 Å². The maximum Gasteiger partial charge on any atom is 2.00 e. The van der Waals surface area contributed by atoms with Crippen molar-refractivity contribution in [1.29, 1.82) is 0 Å². The third kappa shape index (κ3) is 77.9. The molecule has 0 bridgehead atoms. The molecule has 0 aromatic heterocycles. The van der Waals surface area contributed by atoms with Crippen LogP contribution in [0.3, 0.4) is 0 Å². The molecule has 0 fully saturated rings. The normalized spacial score (nSPS) is 13.4. The summed E-state index contributed by atoms with van der Waals surface area (Å²) in [6, 6.07) is 0. The topological polar surface area (TPSA) is 80.3 Å². The molecule has 79 heavy (non-hydrogen) atoms. The van der Waals surface area contributed by atoms with E-state index in [9.17, 15) is 18.9 Å². The molecule has 0 spiro atoms. The van der Waals surface area contributed by atoms with Crippen LogP contribution in [-0.2, 0) is 26.5 Å². The number of allylic oxidation sites excluding steroid dienone is 8. The van der Waals surface area contributed by atoms with Gasteiger partial charge in [0.25, 0.3) is 0 Å². The number of hydrogen-bond donors (Lipinski definition) is 0. The van der Waals surface area contributed by atoms with Crippen molar-refractivity contribution in [1.82, 2.24) is 0 Å². The Morgan fingerprint density at radius 1 is 0.203 bits per heavy atom. The van der Waals surface area contributed by atoms with Crippen LogP contribution in [0, 0.1) is 0 Å². The van der Waals surface area contributed by atoms with Crippen LogP contribution in [0.4, 0.5) is 0 Å². The third-order valence-electron chi connectivity index (χ3n) is 16.0. The van der Waals surface area contributed by atoms with E-state index in [-0.39, 0.29) is 17.4 Å². The van der Waals surface area contributed by atoms with Gasteiger partial charge in [0.1, 0.15) is 0 Å². The minimum Gasteiger partial charge on any atom is -0.799 e. The zero-order valence-corrected chi connectivity index (χ0v) is 57.0. The maximum absolute atomic E-state index is 12.3. The summed E-state index contributed by atoms with van der Waals surface area (Å²) in [5, 5.41) is 0. The summed E-state index contributed by atoms with van der Waals surface area (Å²) in [6.45, 7) is 9.09. The Bertz CT molecular complexity index is 1150. The minimum absolute atomic E-state index is 0. The Kier molecular flexibility index (Phi) is 75.9. The quantitative estimate of drug-likeness (QED) is 0.0345. The van der Waals surface area contributed by atoms with E-state index >= 15 is 0 Å². The van der Waals surface area contributed by atoms with E-state index in [4.69, 9.17) is 0 Å². The van der Waals surface area contributed by atoms with Gasteiger partial charge in [0, 0.05) is 14.7 Å². The average Bonchev–Trinajstić information content (AvgIpc) is 3.42. The van der Waals surface area contributed by atoms with Crippen molar-refractivity contribution in [3.05, 3.63) is 48.6 Å². The molecular weight excluding hydrogens is 1040 g/mol. The predicted molar refractivity (Wildman–Crippen MR) is 352 cm³/mol. The smallest absolute Gasteiger partial charge is 0.799 e. The van der Waals surface area contributed by atoms with E-state index in [2.05, 4.69) is 76.3 Å². The predicted octanol–water partition coefficient (Wildman–Crippen LogP) is 25.4. The Balaban J connectivity index is -0.00000144. The molecule has 0 heterocycles. The standard InChI is InChI=1S/2C36H71O2P.Cr/c2*1-3-5-7-9-11-13-15-17-19-21-23-25-27-29-31-33-35-39(37,38)36-34-32-30-28-26-24-22-20-18-16-14-12-10-8-6-4-2;/h2*17-20H,3-16,21-36H2,1-2H3,(H,37,38);/q;;+2/p-2. The van der Waals surface area contributed by atoms with E-state index in [1.54, 1.807) is 0 Å². The van der Waals surface area contributed by atoms with Crippen LogP contribution in [0.5, 0.6) is 0 Å². The molecule has 0 amide bonds. The summed E-state index contributed by atoms with van der Waals surface area (Å²) >= 11 is 0. The van der Waals surface area contributed by atoms with Crippen molar-refractivity contribution in [3.8, 4) is 0 Å². The summed E-state index contributed by atoms with van der Waals surface area (Å²) in [7, 11) is -6.27. The second-order valence-corrected chi connectivity index (χ2v) is 29.3. The molecule has 0 saturated heterocycles. The van der Waals surface area contributed by atoms with Gasteiger partial charge in [-0.15, -0.1) is 0 Å². The molecule has 0 rings (SSSR count). The van der Waals surface area contributed by atoms with E-state index in [0.29, 0.717) is 24.6 Å². The fourth-order valence-corrected chi connectivity index (χ4v) is 13.9. The summed E-state index contributed by atoms with van der Waals surface area (Å²) in [5.41, 5.74) is 0. The molecule has 0 aliphatic rings. The zero-order valence-electron chi connectivity index (χ0n) is 54.0. The fraction of sp³-hybridized carbons (Fsp3) is 0.889. The van der Waals surface area contributed by atoms with Crippen LogP contribution in [-0.4, -0.2) is 24.6 Å². The summed E-state index contributed by atoms with van der Waals surface area (Å²) in [4.78, 5) is 24.7. The van der Waals surface area contributed by atoms with Gasteiger partial charge >= 0.3 is 17.4 Å². The number of hydrogen-bond acceptors (Lipinski definition) is 4. The van der Waals surface area contributed by atoms with Gasteiger partial charge in [-0.2, -0.15) is 0 Å². The first-order valence-corrected chi connectivity index (χ1v) is 39.4. The van der Waals surface area contributed by atoms with Gasteiger partial charge in [0.15, 0.2) is 0 Å². The Morgan fingerprint density at radius 3 is 0.456 bits per heavy atom. The van der Waals surface area contributed by atoms with Crippen LogP contribution in [0.1, 0.15) is 387 Å². The van der Waals surface area contributed by atoms with E-state index < -0.39 is 14.7 Å². The van der Waals surface area contributed by atoms with Gasteiger partial charge in [-0.1, -0.05) is 307 Å². The summed E-state index contributed by atoms with van der Waals surface area (Å²) in [6.07, 6.45) is 91.4. The largest absolute Gasteiger partial charge is 2.00 e. The summed E-state index contributed by atoms with van der Waals surface area (Å²) in [5.74, 6) is 0. The molecule has 0 aliphatic heterocycles. The Hall–Kier alpha value is -0.128.